The summed E-state index contributed by atoms with van der Waals surface area (Å²) in [5, 5.41) is 14.5. The Morgan fingerprint density at radius 3 is 2.10 bits per heavy atom. The first kappa shape index (κ1) is 20.1. The highest BCUT2D eigenvalue weighted by Gasteiger charge is 2.24. The maximum absolute atomic E-state index is 13.3. The Morgan fingerprint density at radius 2 is 1.53 bits per heavy atom. The Kier molecular flexibility index (Phi) is 5.57. The number of amides is 1. The second-order valence-corrected chi connectivity index (χ2v) is 7.67. The van der Waals surface area contributed by atoms with E-state index in [2.05, 4.69) is 10.3 Å². The first-order valence-corrected chi connectivity index (χ1v) is 9.94. The fourth-order valence-electron chi connectivity index (χ4n) is 3.42. The van der Waals surface area contributed by atoms with Gasteiger partial charge < -0.3 is 10.4 Å². The number of carbonyl (C=O) groups is 2. The van der Waals surface area contributed by atoms with Gasteiger partial charge in [-0.05, 0) is 29.8 Å². The molecule has 0 radical (unpaired) electrons. The van der Waals surface area contributed by atoms with Gasteiger partial charge in [-0.15, -0.1) is 0 Å². The first-order chi connectivity index (χ1) is 14.4. The quantitative estimate of drug-likeness (QED) is 0.423. The normalized spacial score (nSPS) is 12.1. The third-order valence-electron chi connectivity index (χ3n) is 4.86. The van der Waals surface area contributed by atoms with E-state index in [-0.39, 0.29) is 6.42 Å². The highest BCUT2D eigenvalue weighted by molar-refractivity contribution is 6.35. The number of benzene rings is 3. The number of halogens is 2. The molecule has 0 unspecified atom stereocenters. The van der Waals surface area contributed by atoms with Gasteiger partial charge in [0.1, 0.15) is 6.04 Å². The van der Waals surface area contributed by atoms with Crippen LogP contribution in [-0.2, 0) is 11.2 Å². The Labute approximate surface area is 182 Å². The molecule has 0 spiro atoms. The van der Waals surface area contributed by atoms with Crippen molar-refractivity contribution in [3.63, 3.8) is 0 Å². The monoisotopic (exact) mass is 438 g/mol. The first-order valence-electron chi connectivity index (χ1n) is 9.19. The number of nitrogens with one attached hydrogen (secondary N) is 1. The van der Waals surface area contributed by atoms with Crippen LogP contribution >= 0.6 is 23.2 Å². The summed E-state index contributed by atoms with van der Waals surface area (Å²) in [4.78, 5) is 29.7. The number of aliphatic carboxylic acids is 1. The van der Waals surface area contributed by atoms with E-state index in [1.165, 1.54) is 0 Å². The second kappa shape index (κ2) is 8.30. The van der Waals surface area contributed by atoms with E-state index in [0.29, 0.717) is 43.0 Å². The molecule has 4 aromatic rings. The number of pyridine rings is 1. The molecule has 30 heavy (non-hydrogen) atoms. The Balaban J connectivity index is 1.74. The van der Waals surface area contributed by atoms with Gasteiger partial charge in [0.25, 0.3) is 5.91 Å². The van der Waals surface area contributed by atoms with Crippen LogP contribution in [0.5, 0.6) is 0 Å². The van der Waals surface area contributed by atoms with Gasteiger partial charge in [0.05, 0.1) is 16.6 Å². The van der Waals surface area contributed by atoms with Crippen molar-refractivity contribution in [3.05, 3.63) is 87.9 Å². The number of carboxylic acid groups (broad SMARTS) is 1. The van der Waals surface area contributed by atoms with Crippen LogP contribution in [0.2, 0.25) is 10.0 Å². The van der Waals surface area contributed by atoms with Crippen LogP contribution in [0.25, 0.3) is 21.8 Å². The summed E-state index contributed by atoms with van der Waals surface area (Å²) < 4.78 is 0. The highest BCUT2D eigenvalue weighted by atomic mass is 35.5. The minimum atomic E-state index is -1.16. The van der Waals surface area contributed by atoms with E-state index in [9.17, 15) is 14.7 Å². The fraction of sp³-hybridized carbons (Fsp3) is 0.0870. The van der Waals surface area contributed by atoms with Crippen molar-refractivity contribution in [2.45, 2.75) is 12.5 Å². The van der Waals surface area contributed by atoms with Crippen LogP contribution in [0.1, 0.15) is 15.9 Å². The largest absolute Gasteiger partial charge is 0.480 e. The molecule has 0 saturated carbocycles. The maximum Gasteiger partial charge on any atom is 0.326 e. The van der Waals surface area contributed by atoms with Gasteiger partial charge in [0.2, 0.25) is 0 Å². The standard InChI is InChI=1S/C23H16Cl2N2O3/c24-14-10-9-13(17(25)12-14)11-20(23(29)30)27-22(28)21-15-5-1-3-7-18(15)26-19-8-4-2-6-16(19)21/h1-10,12,20H,11H2,(H,27,28)(H,29,30)/t20-/m0/s1. The number of para-hydroxylation sites is 2. The molecule has 0 aliphatic rings. The molecule has 0 fully saturated rings. The van der Waals surface area contributed by atoms with Gasteiger partial charge in [-0.3, -0.25) is 4.79 Å². The van der Waals surface area contributed by atoms with E-state index in [1.54, 1.807) is 30.3 Å². The lowest BCUT2D eigenvalue weighted by atomic mass is 10.0. The average Bonchev–Trinajstić information content (AvgIpc) is 2.73. The zero-order chi connectivity index (χ0) is 21.3. The molecule has 1 atom stereocenters. The van der Waals surface area contributed by atoms with Crippen molar-refractivity contribution < 1.29 is 14.7 Å². The summed E-state index contributed by atoms with van der Waals surface area (Å²) in [7, 11) is 0. The number of hydrogen-bond donors (Lipinski definition) is 2. The molecule has 1 aromatic heterocycles. The van der Waals surface area contributed by atoms with Gasteiger partial charge in [0, 0.05) is 27.2 Å². The second-order valence-electron chi connectivity index (χ2n) is 6.83. The van der Waals surface area contributed by atoms with Crippen molar-refractivity contribution in [2.24, 2.45) is 0 Å². The van der Waals surface area contributed by atoms with Gasteiger partial charge in [-0.1, -0.05) is 65.7 Å². The van der Waals surface area contributed by atoms with Crippen LogP contribution in [0, 0.1) is 0 Å². The summed E-state index contributed by atoms with van der Waals surface area (Å²) in [6, 6.07) is 18.2. The summed E-state index contributed by atoms with van der Waals surface area (Å²) >= 11 is 12.1. The molecule has 4 rings (SSSR count). The molecule has 3 aromatic carbocycles. The maximum atomic E-state index is 13.3. The number of hydrogen-bond acceptors (Lipinski definition) is 3. The van der Waals surface area contributed by atoms with Crippen molar-refractivity contribution in [3.8, 4) is 0 Å². The number of carbonyl (C=O) groups excluding carboxylic acids is 1. The minimum absolute atomic E-state index is 0.0258. The third-order valence-corrected chi connectivity index (χ3v) is 5.44. The lowest BCUT2D eigenvalue weighted by molar-refractivity contribution is -0.139. The van der Waals surface area contributed by atoms with E-state index < -0.39 is 17.9 Å². The van der Waals surface area contributed by atoms with Gasteiger partial charge >= 0.3 is 5.97 Å². The Bertz CT molecular complexity index is 1240. The molecule has 1 amide bonds. The van der Waals surface area contributed by atoms with Crippen molar-refractivity contribution in [2.75, 3.05) is 0 Å². The topological polar surface area (TPSA) is 79.3 Å². The van der Waals surface area contributed by atoms with Gasteiger partial charge in [0.15, 0.2) is 0 Å². The van der Waals surface area contributed by atoms with Crippen LogP contribution < -0.4 is 5.32 Å². The van der Waals surface area contributed by atoms with Crippen LogP contribution in [0.15, 0.2) is 66.7 Å². The predicted octanol–water partition coefficient (Wildman–Crippen LogP) is 5.12. The number of nitrogens with zero attached hydrogens (tertiary/aromatic N) is 1. The smallest absolute Gasteiger partial charge is 0.326 e. The van der Waals surface area contributed by atoms with E-state index in [1.807, 2.05) is 36.4 Å². The van der Waals surface area contributed by atoms with Gasteiger partial charge in [-0.25, -0.2) is 9.78 Å². The lowest BCUT2D eigenvalue weighted by Crippen LogP contribution is -2.42. The molecule has 0 saturated heterocycles. The highest BCUT2D eigenvalue weighted by Crippen LogP contribution is 2.26. The molecular weight excluding hydrogens is 423 g/mol. The van der Waals surface area contributed by atoms with Crippen molar-refractivity contribution >= 4 is 56.9 Å². The molecule has 150 valence electrons. The molecule has 5 nitrogen and oxygen atoms in total. The summed E-state index contributed by atoms with van der Waals surface area (Å²) in [5.74, 6) is -1.64. The fourth-order valence-corrected chi connectivity index (χ4v) is 3.91. The van der Waals surface area contributed by atoms with Gasteiger partial charge in [-0.2, -0.15) is 0 Å². The summed E-state index contributed by atoms with van der Waals surface area (Å²) in [6.07, 6.45) is 0.0258. The Morgan fingerprint density at radius 1 is 0.933 bits per heavy atom. The number of fused-ring (bicyclic) bond motifs is 2. The summed E-state index contributed by atoms with van der Waals surface area (Å²) in [5.41, 5.74) is 2.30. The SMILES string of the molecule is O=C(N[C@@H](Cc1ccc(Cl)cc1Cl)C(=O)O)c1c2ccccc2nc2ccccc12. The zero-order valence-electron chi connectivity index (χ0n) is 15.6. The minimum Gasteiger partial charge on any atom is -0.480 e. The Hall–Kier alpha value is -3.15. The van der Waals surface area contributed by atoms with E-state index >= 15 is 0 Å². The van der Waals surface area contributed by atoms with E-state index in [0.717, 1.165) is 0 Å². The number of aromatic nitrogens is 1. The molecule has 2 N–H and O–H groups in total. The molecule has 0 aliphatic heterocycles. The van der Waals surface area contributed by atoms with Crippen LogP contribution in [0.4, 0.5) is 0 Å². The summed E-state index contributed by atoms with van der Waals surface area (Å²) in [6.45, 7) is 0. The van der Waals surface area contributed by atoms with Crippen molar-refractivity contribution in [1.82, 2.24) is 10.3 Å². The molecular formula is C23H16Cl2N2O3. The number of rotatable bonds is 5. The number of carboxylic acids is 1. The lowest BCUT2D eigenvalue weighted by Gasteiger charge is -2.17. The van der Waals surface area contributed by atoms with Crippen LogP contribution in [-0.4, -0.2) is 28.0 Å². The molecule has 0 bridgehead atoms. The molecule has 0 aliphatic carbocycles. The zero-order valence-corrected chi connectivity index (χ0v) is 17.1. The molecule has 7 heteroatoms. The third kappa shape index (κ3) is 3.95. The van der Waals surface area contributed by atoms with E-state index in [4.69, 9.17) is 23.2 Å². The predicted molar refractivity (Wildman–Crippen MR) is 118 cm³/mol. The van der Waals surface area contributed by atoms with Crippen molar-refractivity contribution in [1.29, 1.82) is 0 Å². The average molecular weight is 439 g/mol. The van der Waals surface area contributed by atoms with Crippen LogP contribution in [0.3, 0.4) is 0 Å². The molecule has 1 heterocycles.